The molecule has 0 aliphatic heterocycles. The standard InChI is InChI=1S/C8H21N5.C7H19N3/c9-6(7(10)11)5-3-1-2-4-8(5,12)13;1-10(6-2-4-8)7-3-5-9/h5-7H,1-4,9-13H2;2-9H2,1H3. The van der Waals surface area contributed by atoms with Crippen molar-refractivity contribution in [1.29, 1.82) is 0 Å². The minimum atomic E-state index is -0.686. The van der Waals surface area contributed by atoms with Gasteiger partial charge < -0.3 is 45.0 Å². The minimum Gasteiger partial charge on any atom is -0.330 e. The largest absolute Gasteiger partial charge is 0.330 e. The Balaban J connectivity index is 0.000000438. The molecule has 1 aliphatic carbocycles. The van der Waals surface area contributed by atoms with Crippen LogP contribution in [-0.2, 0) is 0 Å². The van der Waals surface area contributed by atoms with Crippen LogP contribution in [0.4, 0.5) is 0 Å². The van der Waals surface area contributed by atoms with Crippen LogP contribution in [-0.4, -0.2) is 56.0 Å². The van der Waals surface area contributed by atoms with Gasteiger partial charge in [0.15, 0.2) is 0 Å². The zero-order chi connectivity index (χ0) is 17.9. The number of hydrogen-bond acceptors (Lipinski definition) is 8. The summed E-state index contributed by atoms with van der Waals surface area (Å²) in [6.45, 7) is 3.76. The maximum Gasteiger partial charge on any atom is 0.0681 e. The molecule has 8 heteroatoms. The fraction of sp³-hybridized carbons (Fsp3) is 1.00. The van der Waals surface area contributed by atoms with Gasteiger partial charge in [0.2, 0.25) is 0 Å². The lowest BCUT2D eigenvalue weighted by atomic mass is 9.75. The van der Waals surface area contributed by atoms with Crippen LogP contribution in [0, 0.1) is 5.92 Å². The summed E-state index contributed by atoms with van der Waals surface area (Å²) in [5, 5.41) is 0. The van der Waals surface area contributed by atoms with Crippen molar-refractivity contribution < 1.29 is 0 Å². The van der Waals surface area contributed by atoms with E-state index in [0.29, 0.717) is 0 Å². The Morgan fingerprint density at radius 2 is 1.52 bits per heavy atom. The molecule has 0 aromatic heterocycles. The zero-order valence-electron chi connectivity index (χ0n) is 14.8. The molecule has 1 rings (SSSR count). The quantitative estimate of drug-likeness (QED) is 0.248. The molecule has 140 valence electrons. The summed E-state index contributed by atoms with van der Waals surface area (Å²) in [7, 11) is 2.10. The van der Waals surface area contributed by atoms with Gasteiger partial charge in [-0.15, -0.1) is 0 Å². The Hall–Kier alpha value is -0.320. The predicted octanol–water partition coefficient (Wildman–Crippen LogP) is -2.02. The molecule has 23 heavy (non-hydrogen) atoms. The van der Waals surface area contributed by atoms with Gasteiger partial charge in [-0.2, -0.15) is 0 Å². The molecule has 14 N–H and O–H groups in total. The molecule has 1 aliphatic rings. The molecular weight excluding hydrogens is 292 g/mol. The first-order valence-corrected chi connectivity index (χ1v) is 8.69. The molecule has 0 aromatic rings. The summed E-state index contributed by atoms with van der Waals surface area (Å²) >= 11 is 0. The van der Waals surface area contributed by atoms with Gasteiger partial charge in [-0.3, -0.25) is 0 Å². The number of nitrogens with two attached hydrogens (primary N) is 7. The van der Waals surface area contributed by atoms with Gasteiger partial charge in [0.1, 0.15) is 0 Å². The van der Waals surface area contributed by atoms with Crippen molar-refractivity contribution in [2.24, 2.45) is 46.1 Å². The van der Waals surface area contributed by atoms with Crippen molar-refractivity contribution in [3.63, 3.8) is 0 Å². The molecule has 2 atom stereocenters. The van der Waals surface area contributed by atoms with E-state index in [1.807, 2.05) is 0 Å². The van der Waals surface area contributed by atoms with Crippen molar-refractivity contribution in [3.05, 3.63) is 0 Å². The number of hydrogen-bond donors (Lipinski definition) is 7. The summed E-state index contributed by atoms with van der Waals surface area (Å²) < 4.78 is 0. The fourth-order valence-corrected chi connectivity index (χ4v) is 2.90. The molecule has 0 heterocycles. The van der Waals surface area contributed by atoms with Crippen LogP contribution < -0.4 is 40.1 Å². The smallest absolute Gasteiger partial charge is 0.0681 e. The Morgan fingerprint density at radius 1 is 1.00 bits per heavy atom. The van der Waals surface area contributed by atoms with E-state index in [1.165, 1.54) is 0 Å². The van der Waals surface area contributed by atoms with Crippen LogP contribution in [0.3, 0.4) is 0 Å². The molecule has 0 aromatic carbocycles. The average molecular weight is 333 g/mol. The van der Waals surface area contributed by atoms with Crippen LogP contribution in [0.1, 0.15) is 38.5 Å². The summed E-state index contributed by atoms with van der Waals surface area (Å²) in [6.07, 6.45) is 5.55. The number of nitrogens with zero attached hydrogens (tertiary/aromatic N) is 1. The molecule has 8 nitrogen and oxygen atoms in total. The monoisotopic (exact) mass is 332 g/mol. The molecule has 0 spiro atoms. The topological polar surface area (TPSA) is 185 Å². The van der Waals surface area contributed by atoms with Gasteiger partial charge in [-0.05, 0) is 58.9 Å². The van der Waals surface area contributed by atoms with Crippen molar-refractivity contribution in [3.8, 4) is 0 Å². The molecule has 0 radical (unpaired) electrons. The SMILES string of the molecule is CN(CCCN)CCCN.NC(N)C(N)C1CCCCC1(N)N. The van der Waals surface area contributed by atoms with E-state index in [-0.39, 0.29) is 12.0 Å². The maximum absolute atomic E-state index is 5.95. The predicted molar refractivity (Wildman–Crippen MR) is 98.0 cm³/mol. The lowest BCUT2D eigenvalue weighted by Gasteiger charge is -2.42. The van der Waals surface area contributed by atoms with Crippen molar-refractivity contribution >= 4 is 0 Å². The summed E-state index contributed by atoms with van der Waals surface area (Å²) in [6, 6.07) is -0.296. The summed E-state index contributed by atoms with van der Waals surface area (Å²) in [5.41, 5.74) is 38.8. The van der Waals surface area contributed by atoms with E-state index in [9.17, 15) is 0 Å². The molecular formula is C15H40N8. The number of rotatable bonds is 8. The normalized spacial score (nSPS) is 21.9. The van der Waals surface area contributed by atoms with Crippen LogP contribution in [0.25, 0.3) is 0 Å². The van der Waals surface area contributed by atoms with Crippen molar-refractivity contribution in [1.82, 2.24) is 4.90 Å². The van der Waals surface area contributed by atoms with Crippen LogP contribution in [0.15, 0.2) is 0 Å². The summed E-state index contributed by atoms with van der Waals surface area (Å²) in [4.78, 5) is 2.26. The average Bonchev–Trinajstić information content (AvgIpc) is 2.50. The van der Waals surface area contributed by atoms with Gasteiger partial charge in [0.25, 0.3) is 0 Å². The van der Waals surface area contributed by atoms with Crippen molar-refractivity contribution in [2.75, 3.05) is 33.2 Å². The first kappa shape index (κ1) is 22.7. The minimum absolute atomic E-state index is 0.0428. The third-order valence-corrected chi connectivity index (χ3v) is 4.46. The Kier molecular flexibility index (Phi) is 11.9. The van der Waals surface area contributed by atoms with Gasteiger partial charge in [-0.1, -0.05) is 12.8 Å². The van der Waals surface area contributed by atoms with Gasteiger partial charge in [-0.25, -0.2) is 0 Å². The highest BCUT2D eigenvalue weighted by Crippen LogP contribution is 2.30. The van der Waals surface area contributed by atoms with Gasteiger partial charge >= 0.3 is 0 Å². The molecule has 0 bridgehead atoms. The second kappa shape index (κ2) is 12.1. The molecule has 2 unspecified atom stereocenters. The molecule has 0 saturated heterocycles. The zero-order valence-corrected chi connectivity index (χ0v) is 14.8. The lowest BCUT2D eigenvalue weighted by Crippen LogP contribution is -2.66. The maximum atomic E-state index is 5.95. The van der Waals surface area contributed by atoms with E-state index in [2.05, 4.69) is 11.9 Å². The second-order valence-electron chi connectivity index (χ2n) is 6.71. The van der Waals surface area contributed by atoms with E-state index in [1.54, 1.807) is 0 Å². The highest BCUT2D eigenvalue weighted by Gasteiger charge is 2.38. The first-order chi connectivity index (χ1) is 10.8. The van der Waals surface area contributed by atoms with E-state index in [4.69, 9.17) is 40.1 Å². The van der Waals surface area contributed by atoms with E-state index in [0.717, 1.165) is 64.7 Å². The molecule has 1 fully saturated rings. The Morgan fingerprint density at radius 3 is 1.91 bits per heavy atom. The van der Waals surface area contributed by atoms with Crippen LogP contribution in [0.2, 0.25) is 0 Å². The Bertz CT molecular complexity index is 277. The molecule has 0 amide bonds. The van der Waals surface area contributed by atoms with Crippen molar-refractivity contribution in [2.45, 2.75) is 56.4 Å². The van der Waals surface area contributed by atoms with Gasteiger partial charge in [0, 0.05) is 12.0 Å². The fourth-order valence-electron chi connectivity index (χ4n) is 2.90. The van der Waals surface area contributed by atoms with E-state index < -0.39 is 11.8 Å². The second-order valence-corrected chi connectivity index (χ2v) is 6.71. The molecule has 1 saturated carbocycles. The highest BCUT2D eigenvalue weighted by molar-refractivity contribution is 4.96. The van der Waals surface area contributed by atoms with Gasteiger partial charge in [0.05, 0.1) is 11.8 Å². The third kappa shape index (κ3) is 9.53. The Labute approximate surface area is 141 Å². The first-order valence-electron chi connectivity index (χ1n) is 8.69. The van der Waals surface area contributed by atoms with Crippen LogP contribution in [0.5, 0.6) is 0 Å². The van der Waals surface area contributed by atoms with E-state index >= 15 is 0 Å². The van der Waals surface area contributed by atoms with Crippen LogP contribution >= 0.6 is 0 Å². The lowest BCUT2D eigenvalue weighted by molar-refractivity contribution is 0.154. The summed E-state index contributed by atoms with van der Waals surface area (Å²) in [5.74, 6) is 0.0428. The highest BCUT2D eigenvalue weighted by atomic mass is 15.1. The third-order valence-electron chi connectivity index (χ3n) is 4.46.